The van der Waals surface area contributed by atoms with Crippen LogP contribution in [0.1, 0.15) is 88.6 Å². The number of benzene rings is 1. The van der Waals surface area contributed by atoms with Gasteiger partial charge in [-0.25, -0.2) is 0 Å². The molecule has 4 rings (SSSR count). The summed E-state index contributed by atoms with van der Waals surface area (Å²) in [4.78, 5) is 0. The normalized spacial score (nSPS) is 23.1. The summed E-state index contributed by atoms with van der Waals surface area (Å²) in [5.74, 6) is 0.494. The standard InChI is InChI=1S/C30H37.C3H6.2ClH.Zr/c1-18-19(2)21(4)27(20(18)3)30(29(8,9)10)14-13-26-23(17-30)15-22-16-24(28(5,6)7)11-12-25(22)26;1-3-2;;;/h11-16,20H,1-10H3;1-2H3;2*1H;. The van der Waals surface area contributed by atoms with E-state index in [1.165, 1.54) is 32.7 Å². The van der Waals surface area contributed by atoms with Gasteiger partial charge in [-0.2, -0.15) is 0 Å². The van der Waals surface area contributed by atoms with Crippen molar-refractivity contribution in [2.24, 2.45) is 16.7 Å². The second kappa shape index (κ2) is 10.4. The van der Waals surface area contributed by atoms with Crippen molar-refractivity contribution in [2.45, 2.75) is 88.5 Å². The van der Waals surface area contributed by atoms with Crippen molar-refractivity contribution in [1.82, 2.24) is 0 Å². The zero-order chi connectivity index (χ0) is 25.4. The Balaban J connectivity index is 0.00000228. The van der Waals surface area contributed by atoms with Crippen LogP contribution < -0.4 is 10.4 Å². The molecule has 0 amide bonds. The van der Waals surface area contributed by atoms with E-state index >= 15 is 0 Å². The molecule has 2 atom stereocenters. The van der Waals surface area contributed by atoms with Crippen LogP contribution >= 0.6 is 24.8 Å². The van der Waals surface area contributed by atoms with Gasteiger partial charge in [-0.3, -0.25) is 0 Å². The van der Waals surface area contributed by atoms with Crippen molar-refractivity contribution in [3.63, 3.8) is 0 Å². The summed E-state index contributed by atoms with van der Waals surface area (Å²) in [5.41, 5.74) is 10.9. The van der Waals surface area contributed by atoms with Crippen LogP contribution in [0.5, 0.6) is 0 Å². The van der Waals surface area contributed by atoms with Gasteiger partial charge in [-0.1, -0.05) is 0 Å². The summed E-state index contributed by atoms with van der Waals surface area (Å²) in [6.45, 7) is 28.6. The molecule has 0 saturated carbocycles. The number of allylic oxidation sites excluding steroid dienone is 8. The molecule has 0 radical (unpaired) electrons. The molecule has 0 spiro atoms. The smallest absolute Gasteiger partial charge is 0.147 e. The summed E-state index contributed by atoms with van der Waals surface area (Å²) in [6.07, 6.45) is 7.67. The van der Waals surface area contributed by atoms with Gasteiger partial charge >= 0.3 is 220 Å². The first kappa shape index (κ1) is 31.5. The Labute approximate surface area is 243 Å². The third-order valence-corrected chi connectivity index (χ3v) is 12.1. The van der Waals surface area contributed by atoms with Gasteiger partial charge in [-0.05, 0) is 0 Å². The van der Waals surface area contributed by atoms with Crippen molar-refractivity contribution in [1.29, 1.82) is 0 Å². The molecule has 2 unspecified atom stereocenters. The molecule has 0 aliphatic heterocycles. The molecule has 3 aliphatic carbocycles. The maximum atomic E-state index is 2.63. The average Bonchev–Trinajstić information content (AvgIpc) is 3.18. The molecule has 195 valence electrons. The van der Waals surface area contributed by atoms with Crippen LogP contribution in [-0.2, 0) is 28.2 Å². The first-order chi connectivity index (χ1) is 15.6. The van der Waals surface area contributed by atoms with E-state index in [1.807, 2.05) is 0 Å². The molecule has 0 aromatic heterocycles. The van der Waals surface area contributed by atoms with E-state index in [1.54, 1.807) is 23.2 Å². The Morgan fingerprint density at radius 1 is 0.889 bits per heavy atom. The SMILES string of the molecule is C[C](C)=[Zr][C]1=C2C=c3cc(C(C)(C)C)ccc3=C2C=CC1(C1=C(C)C(C)=C(C)C1C)C(C)(C)C.Cl.Cl. The van der Waals surface area contributed by atoms with E-state index in [4.69, 9.17) is 0 Å². The van der Waals surface area contributed by atoms with Crippen LogP contribution in [0.3, 0.4) is 0 Å². The molecule has 1 aromatic rings. The third-order valence-electron chi connectivity index (χ3n) is 8.58. The van der Waals surface area contributed by atoms with Gasteiger partial charge < -0.3 is 0 Å². The van der Waals surface area contributed by atoms with E-state index in [2.05, 4.69) is 120 Å². The maximum Gasteiger partial charge on any atom is -0.147 e. The number of hydrogen-bond donors (Lipinski definition) is 0. The zero-order valence-electron chi connectivity index (χ0n) is 24.4. The van der Waals surface area contributed by atoms with E-state index < -0.39 is 22.8 Å². The molecule has 3 aliphatic rings. The van der Waals surface area contributed by atoms with Gasteiger partial charge in [0.1, 0.15) is 0 Å². The molecular formula is C33H45Cl2Zr. The summed E-state index contributed by atoms with van der Waals surface area (Å²) < 4.78 is 3.41. The van der Waals surface area contributed by atoms with Crippen LogP contribution in [0.4, 0.5) is 0 Å². The fourth-order valence-corrected chi connectivity index (χ4v) is 10.3. The summed E-state index contributed by atoms with van der Waals surface area (Å²) in [6, 6.07) is 7.18. The van der Waals surface area contributed by atoms with Crippen molar-refractivity contribution < 1.29 is 22.8 Å². The molecule has 0 bridgehead atoms. The summed E-state index contributed by atoms with van der Waals surface area (Å²) in [5, 5.41) is 2.83. The Hall–Kier alpha value is -0.747. The van der Waals surface area contributed by atoms with Gasteiger partial charge in [0, 0.05) is 0 Å². The fourth-order valence-electron chi connectivity index (χ4n) is 6.33. The Bertz CT molecular complexity index is 1360. The van der Waals surface area contributed by atoms with Gasteiger partial charge in [0.25, 0.3) is 0 Å². The minimum atomic E-state index is -0.917. The van der Waals surface area contributed by atoms with Gasteiger partial charge in [0.05, 0.1) is 0 Å². The fraction of sp³-hybridized carbons (Fsp3) is 0.485. The number of fused-ring (bicyclic) bond motifs is 2. The molecular weight excluding hydrogens is 558 g/mol. The van der Waals surface area contributed by atoms with Crippen molar-refractivity contribution >= 4 is 39.7 Å². The molecule has 0 fully saturated rings. The van der Waals surface area contributed by atoms with E-state index in [0.29, 0.717) is 5.92 Å². The number of rotatable bonds is 2. The minimum Gasteiger partial charge on any atom is -0.147 e. The molecule has 0 heterocycles. The van der Waals surface area contributed by atoms with E-state index in [9.17, 15) is 0 Å². The van der Waals surface area contributed by atoms with Crippen molar-refractivity contribution in [3.8, 4) is 0 Å². The van der Waals surface area contributed by atoms with Gasteiger partial charge in [0.15, 0.2) is 0 Å². The zero-order valence-corrected chi connectivity index (χ0v) is 28.4. The molecule has 1 aromatic carbocycles. The van der Waals surface area contributed by atoms with Crippen LogP contribution in [0, 0.1) is 16.7 Å². The Kier molecular flexibility index (Phi) is 9.12. The van der Waals surface area contributed by atoms with Crippen LogP contribution in [0.25, 0.3) is 11.6 Å². The maximum absolute atomic E-state index is 2.63. The van der Waals surface area contributed by atoms with Crippen LogP contribution in [0.2, 0.25) is 0 Å². The molecule has 0 nitrogen and oxygen atoms in total. The summed E-state index contributed by atoms with van der Waals surface area (Å²) >= 11 is -0.917. The minimum absolute atomic E-state index is 0. The third kappa shape index (κ3) is 4.76. The number of hydrogen-bond acceptors (Lipinski definition) is 0. The van der Waals surface area contributed by atoms with Crippen LogP contribution in [-0.4, -0.2) is 3.21 Å². The molecule has 3 heteroatoms. The van der Waals surface area contributed by atoms with E-state index in [-0.39, 0.29) is 41.1 Å². The monoisotopic (exact) mass is 601 g/mol. The Morgan fingerprint density at radius 3 is 1.97 bits per heavy atom. The summed E-state index contributed by atoms with van der Waals surface area (Å²) in [7, 11) is 0. The second-order valence-electron chi connectivity index (χ2n) is 13.0. The van der Waals surface area contributed by atoms with E-state index in [0.717, 1.165) is 0 Å². The van der Waals surface area contributed by atoms with Crippen LogP contribution in [0.15, 0.2) is 61.5 Å². The first-order valence-corrected chi connectivity index (χ1v) is 15.3. The molecule has 0 N–H and O–H groups in total. The number of halogens is 2. The Morgan fingerprint density at radius 2 is 1.50 bits per heavy atom. The average molecular weight is 604 g/mol. The predicted molar refractivity (Wildman–Crippen MR) is 161 cm³/mol. The molecule has 36 heavy (non-hydrogen) atoms. The van der Waals surface area contributed by atoms with Gasteiger partial charge in [0.2, 0.25) is 0 Å². The van der Waals surface area contributed by atoms with Gasteiger partial charge in [-0.15, -0.1) is 24.8 Å². The first-order valence-electron chi connectivity index (χ1n) is 12.9. The quantitative estimate of drug-likeness (QED) is 0.320. The second-order valence-corrected chi connectivity index (χ2v) is 17.3. The largest absolute Gasteiger partial charge is 0.147 e. The van der Waals surface area contributed by atoms with Crippen molar-refractivity contribution in [2.75, 3.05) is 0 Å². The molecule has 0 saturated heterocycles. The predicted octanol–water partition coefficient (Wildman–Crippen LogP) is 8.23. The topological polar surface area (TPSA) is 0 Å². The van der Waals surface area contributed by atoms with Crippen molar-refractivity contribution in [3.05, 3.63) is 77.5 Å².